The van der Waals surface area contributed by atoms with Gasteiger partial charge in [0.1, 0.15) is 16.3 Å². The molecule has 0 N–H and O–H groups in total. The van der Waals surface area contributed by atoms with Crippen LogP contribution in [0.1, 0.15) is 23.4 Å². The second kappa shape index (κ2) is 7.67. The molecular weight excluding hydrogens is 373 g/mol. The molecule has 2 rings (SSSR count). The number of rotatable bonds is 7. The molecule has 2 aromatic rings. The van der Waals surface area contributed by atoms with Crippen LogP contribution in [-0.2, 0) is 16.2 Å². The molecule has 0 unspecified atom stereocenters. The summed E-state index contributed by atoms with van der Waals surface area (Å²) in [5, 5.41) is 3.63. The molecular formula is C16H19F3N2O4S. The van der Waals surface area contributed by atoms with Crippen molar-refractivity contribution in [3.8, 4) is 5.75 Å². The van der Waals surface area contributed by atoms with Crippen LogP contribution in [0.5, 0.6) is 5.75 Å². The predicted molar refractivity (Wildman–Crippen MR) is 87.3 cm³/mol. The van der Waals surface area contributed by atoms with E-state index < -0.39 is 21.8 Å². The molecule has 0 aliphatic rings. The lowest BCUT2D eigenvalue weighted by molar-refractivity contribution is -0.137. The van der Waals surface area contributed by atoms with Gasteiger partial charge in [-0.3, -0.25) is 0 Å². The van der Waals surface area contributed by atoms with Gasteiger partial charge in [0.25, 0.3) is 0 Å². The minimum atomic E-state index is -4.44. The molecule has 1 aromatic carbocycles. The van der Waals surface area contributed by atoms with Crippen molar-refractivity contribution in [3.05, 3.63) is 41.3 Å². The van der Waals surface area contributed by atoms with Crippen molar-refractivity contribution in [3.63, 3.8) is 0 Å². The number of ether oxygens (including phenoxy) is 1. The Morgan fingerprint density at radius 1 is 1.27 bits per heavy atom. The molecule has 10 heteroatoms. The summed E-state index contributed by atoms with van der Waals surface area (Å²) in [5.74, 6) is 0.283. The average Bonchev–Trinajstić information content (AvgIpc) is 2.90. The van der Waals surface area contributed by atoms with Gasteiger partial charge in [-0.2, -0.15) is 13.2 Å². The lowest BCUT2D eigenvalue weighted by Gasteiger charge is -2.17. The van der Waals surface area contributed by atoms with Crippen LogP contribution in [-0.4, -0.2) is 38.1 Å². The minimum absolute atomic E-state index is 0.0267. The van der Waals surface area contributed by atoms with E-state index >= 15 is 0 Å². The van der Waals surface area contributed by atoms with E-state index in [9.17, 15) is 21.6 Å². The van der Waals surface area contributed by atoms with Crippen LogP contribution < -0.4 is 4.74 Å². The quantitative estimate of drug-likeness (QED) is 0.676. The Hall–Kier alpha value is -2.07. The van der Waals surface area contributed by atoms with Crippen molar-refractivity contribution >= 4 is 10.0 Å². The fourth-order valence-corrected chi connectivity index (χ4v) is 3.85. The number of aryl methyl sites for hydroxylation is 2. The number of hydrogen-bond acceptors (Lipinski definition) is 5. The first-order valence-corrected chi connectivity index (χ1v) is 9.16. The normalized spacial score (nSPS) is 12.6. The van der Waals surface area contributed by atoms with E-state index in [1.54, 1.807) is 0 Å². The fraction of sp³-hybridized carbons (Fsp3) is 0.438. The number of sulfonamides is 1. The van der Waals surface area contributed by atoms with Crippen LogP contribution >= 0.6 is 0 Å². The molecule has 0 bridgehead atoms. The third-order valence-electron chi connectivity index (χ3n) is 3.68. The monoisotopic (exact) mass is 392 g/mol. The summed E-state index contributed by atoms with van der Waals surface area (Å²) < 4.78 is 74.3. The molecule has 0 aliphatic carbocycles. The molecule has 0 saturated heterocycles. The summed E-state index contributed by atoms with van der Waals surface area (Å²) in [6.07, 6.45) is -4.14. The summed E-state index contributed by atoms with van der Waals surface area (Å²) in [6.45, 7) is 3.25. The lowest BCUT2D eigenvalue weighted by atomic mass is 10.2. The highest BCUT2D eigenvalue weighted by Gasteiger charge is 2.31. The van der Waals surface area contributed by atoms with E-state index in [0.29, 0.717) is 6.42 Å². The van der Waals surface area contributed by atoms with Gasteiger partial charge in [0.15, 0.2) is 5.76 Å². The van der Waals surface area contributed by atoms with Gasteiger partial charge in [0, 0.05) is 13.6 Å². The Morgan fingerprint density at radius 3 is 2.54 bits per heavy atom. The molecule has 0 amide bonds. The number of halogens is 3. The summed E-state index contributed by atoms with van der Waals surface area (Å²) >= 11 is 0. The van der Waals surface area contributed by atoms with E-state index in [0.717, 1.165) is 16.4 Å². The average molecular weight is 392 g/mol. The Balaban J connectivity index is 1.92. The second-order valence-electron chi connectivity index (χ2n) is 5.71. The first kappa shape index (κ1) is 20.2. The van der Waals surface area contributed by atoms with Gasteiger partial charge in [-0.15, -0.1) is 0 Å². The highest BCUT2D eigenvalue weighted by molar-refractivity contribution is 7.89. The predicted octanol–water partition coefficient (Wildman–Crippen LogP) is 3.40. The molecule has 0 spiro atoms. The molecule has 1 heterocycles. The zero-order valence-corrected chi connectivity index (χ0v) is 15.3. The molecule has 0 fully saturated rings. The Labute approximate surface area is 149 Å². The number of alkyl halides is 3. The van der Waals surface area contributed by atoms with Gasteiger partial charge in [-0.05, 0) is 38.5 Å². The van der Waals surface area contributed by atoms with Crippen molar-refractivity contribution < 1.29 is 30.8 Å². The standard InChI is InChI=1S/C16H19F3N2O4S/c1-11-15(12(2)25-20-11)26(22,23)21(3)8-5-9-24-14-7-4-6-13(10-14)16(17,18)19/h4,6-7,10H,5,8-9H2,1-3H3. The Kier molecular flexibility index (Phi) is 5.97. The summed E-state index contributed by atoms with van der Waals surface area (Å²) in [7, 11) is -2.35. The summed E-state index contributed by atoms with van der Waals surface area (Å²) in [4.78, 5) is 0.0267. The minimum Gasteiger partial charge on any atom is -0.494 e. The molecule has 0 atom stereocenters. The molecule has 0 aliphatic heterocycles. The third kappa shape index (κ3) is 4.55. The highest BCUT2D eigenvalue weighted by Crippen LogP contribution is 2.31. The zero-order chi connectivity index (χ0) is 19.5. The number of aromatic nitrogens is 1. The molecule has 1 aromatic heterocycles. The van der Waals surface area contributed by atoms with Crippen molar-refractivity contribution in [1.29, 1.82) is 0 Å². The van der Waals surface area contributed by atoms with Gasteiger partial charge in [0.2, 0.25) is 10.0 Å². The third-order valence-corrected chi connectivity index (χ3v) is 5.79. The fourth-order valence-electron chi connectivity index (χ4n) is 2.36. The van der Waals surface area contributed by atoms with E-state index in [1.807, 2.05) is 0 Å². The SMILES string of the molecule is Cc1noc(C)c1S(=O)(=O)N(C)CCCOc1cccc(C(F)(F)F)c1. The second-order valence-corrected chi connectivity index (χ2v) is 7.69. The molecule has 26 heavy (non-hydrogen) atoms. The lowest BCUT2D eigenvalue weighted by Crippen LogP contribution is -2.29. The first-order valence-electron chi connectivity index (χ1n) is 7.72. The van der Waals surface area contributed by atoms with Crippen LogP contribution in [0.4, 0.5) is 13.2 Å². The smallest absolute Gasteiger partial charge is 0.416 e. The zero-order valence-electron chi connectivity index (χ0n) is 14.5. The summed E-state index contributed by atoms with van der Waals surface area (Å²) in [5.41, 5.74) is -0.525. The van der Waals surface area contributed by atoms with Crippen molar-refractivity contribution in [2.45, 2.75) is 31.3 Å². The number of benzene rings is 1. The van der Waals surface area contributed by atoms with Gasteiger partial charge in [-0.1, -0.05) is 11.2 Å². The Bertz CT molecular complexity index is 843. The molecule has 0 saturated carbocycles. The first-order chi connectivity index (χ1) is 12.0. The number of nitrogens with zero attached hydrogens (tertiary/aromatic N) is 2. The van der Waals surface area contributed by atoms with E-state index in [1.165, 1.54) is 33.0 Å². The van der Waals surface area contributed by atoms with Crippen LogP contribution in [0.2, 0.25) is 0 Å². The molecule has 0 radical (unpaired) electrons. The molecule has 6 nitrogen and oxygen atoms in total. The summed E-state index contributed by atoms with van der Waals surface area (Å²) in [6, 6.07) is 4.53. The number of hydrogen-bond donors (Lipinski definition) is 0. The maximum atomic E-state index is 12.7. The maximum Gasteiger partial charge on any atom is 0.416 e. The largest absolute Gasteiger partial charge is 0.494 e. The topological polar surface area (TPSA) is 72.6 Å². The van der Waals surface area contributed by atoms with Crippen LogP contribution in [0.3, 0.4) is 0 Å². The van der Waals surface area contributed by atoms with Crippen molar-refractivity contribution in [2.75, 3.05) is 20.2 Å². The van der Waals surface area contributed by atoms with Crippen LogP contribution in [0, 0.1) is 13.8 Å². The van der Waals surface area contributed by atoms with Crippen LogP contribution in [0.15, 0.2) is 33.7 Å². The highest BCUT2D eigenvalue weighted by atomic mass is 32.2. The maximum absolute atomic E-state index is 12.7. The van der Waals surface area contributed by atoms with Gasteiger partial charge in [0.05, 0.1) is 12.2 Å². The molecule has 144 valence electrons. The van der Waals surface area contributed by atoms with Crippen LogP contribution in [0.25, 0.3) is 0 Å². The van der Waals surface area contributed by atoms with E-state index in [2.05, 4.69) is 5.16 Å². The van der Waals surface area contributed by atoms with E-state index in [-0.39, 0.29) is 35.3 Å². The van der Waals surface area contributed by atoms with Crippen molar-refractivity contribution in [1.82, 2.24) is 9.46 Å². The van der Waals surface area contributed by atoms with Crippen molar-refractivity contribution in [2.24, 2.45) is 0 Å². The van der Waals surface area contributed by atoms with E-state index in [4.69, 9.17) is 9.26 Å². The van der Waals surface area contributed by atoms with Gasteiger partial charge < -0.3 is 9.26 Å². The van der Waals surface area contributed by atoms with Gasteiger partial charge >= 0.3 is 6.18 Å². The van der Waals surface area contributed by atoms with Gasteiger partial charge in [-0.25, -0.2) is 12.7 Å². The Morgan fingerprint density at radius 2 is 1.96 bits per heavy atom.